The van der Waals surface area contributed by atoms with Crippen LogP contribution in [0.25, 0.3) is 6.08 Å². The Balaban J connectivity index is 1.94. The summed E-state index contributed by atoms with van der Waals surface area (Å²) in [5, 5.41) is 47.4. The van der Waals surface area contributed by atoms with Gasteiger partial charge < -0.3 is 35.0 Å². The van der Waals surface area contributed by atoms with Crippen molar-refractivity contribution in [1.82, 2.24) is 0 Å². The highest BCUT2D eigenvalue weighted by Crippen LogP contribution is 2.22. The van der Waals surface area contributed by atoms with Gasteiger partial charge in [-0.1, -0.05) is 30.4 Å². The van der Waals surface area contributed by atoms with E-state index in [0.29, 0.717) is 5.56 Å². The predicted molar refractivity (Wildman–Crippen MR) is 77.4 cm³/mol. The summed E-state index contributed by atoms with van der Waals surface area (Å²) in [6, 6.07) is 6.61. The Morgan fingerprint density at radius 2 is 1.87 bits per heavy atom. The van der Waals surface area contributed by atoms with Crippen LogP contribution in [-0.2, 0) is 14.3 Å². The van der Waals surface area contributed by atoms with Gasteiger partial charge in [-0.15, -0.1) is 0 Å². The fourth-order valence-electron chi connectivity index (χ4n) is 2.14. The molecule has 1 saturated heterocycles. The average Bonchev–Trinajstić information content (AvgIpc) is 2.52. The highest BCUT2D eigenvalue weighted by atomic mass is 16.7. The van der Waals surface area contributed by atoms with Gasteiger partial charge in [0.25, 0.3) is 0 Å². The van der Waals surface area contributed by atoms with Crippen LogP contribution in [0, 0.1) is 0 Å². The van der Waals surface area contributed by atoms with Gasteiger partial charge in [-0.2, -0.15) is 0 Å². The Labute approximate surface area is 131 Å². The second-order valence-electron chi connectivity index (χ2n) is 5.03. The summed E-state index contributed by atoms with van der Waals surface area (Å²) in [7, 11) is 0. The molecule has 8 heteroatoms. The number of benzene rings is 1. The molecular weight excluding hydrogens is 308 g/mol. The minimum atomic E-state index is -1.75. The molecule has 2 rings (SSSR count). The molecule has 1 heterocycles. The Kier molecular flexibility index (Phi) is 5.69. The predicted octanol–water partition coefficient (Wildman–Crippen LogP) is -0.686. The molecule has 1 aromatic rings. The number of carboxylic acids is 1. The zero-order valence-corrected chi connectivity index (χ0v) is 12.0. The largest absolute Gasteiger partial charge is 0.507 e. The summed E-state index contributed by atoms with van der Waals surface area (Å²) < 4.78 is 10.1. The number of rotatable bonds is 5. The number of para-hydroxylation sites is 1. The molecule has 0 bridgehead atoms. The standard InChI is InChI=1S/C15H18O8/c16-9-6-2-1-4-8(9)5-3-7-22-15-12(19)10(17)11(18)13(23-15)14(20)21/h1-6,10-13,15-19H,7H2,(H,20,21)/t10-,11-,12+,13-,15?/m0/s1. The maximum atomic E-state index is 10.9. The van der Waals surface area contributed by atoms with Crippen LogP contribution in [0.4, 0.5) is 0 Å². The Morgan fingerprint density at radius 3 is 2.52 bits per heavy atom. The normalized spacial score (nSPS) is 31.3. The fourth-order valence-corrected chi connectivity index (χ4v) is 2.14. The number of hydrogen-bond acceptors (Lipinski definition) is 7. The number of phenols is 1. The van der Waals surface area contributed by atoms with E-state index in [0.717, 1.165) is 0 Å². The lowest BCUT2D eigenvalue weighted by Crippen LogP contribution is -2.60. The van der Waals surface area contributed by atoms with Gasteiger partial charge in [0.15, 0.2) is 12.4 Å². The molecule has 5 N–H and O–H groups in total. The first-order valence-electron chi connectivity index (χ1n) is 6.90. The molecule has 0 spiro atoms. The molecule has 0 aromatic heterocycles. The molecule has 1 unspecified atom stereocenters. The van der Waals surface area contributed by atoms with Crippen LogP contribution in [-0.4, -0.2) is 68.8 Å². The first-order chi connectivity index (χ1) is 10.9. The highest BCUT2D eigenvalue weighted by molar-refractivity contribution is 5.73. The molecule has 0 saturated carbocycles. The Hall–Kier alpha value is -1.97. The van der Waals surface area contributed by atoms with Crippen molar-refractivity contribution in [2.75, 3.05) is 6.61 Å². The van der Waals surface area contributed by atoms with Crippen LogP contribution in [0.15, 0.2) is 30.3 Å². The lowest BCUT2D eigenvalue weighted by molar-refractivity contribution is -0.291. The van der Waals surface area contributed by atoms with Gasteiger partial charge in [0.1, 0.15) is 24.1 Å². The number of phenolic OH excluding ortho intramolecular Hbond substituents is 1. The van der Waals surface area contributed by atoms with E-state index in [1.165, 1.54) is 12.1 Å². The van der Waals surface area contributed by atoms with Crippen molar-refractivity contribution in [2.45, 2.75) is 30.7 Å². The average molecular weight is 326 g/mol. The number of aliphatic hydroxyl groups excluding tert-OH is 3. The zero-order chi connectivity index (χ0) is 17.0. The molecule has 23 heavy (non-hydrogen) atoms. The van der Waals surface area contributed by atoms with Crippen LogP contribution in [0.1, 0.15) is 5.56 Å². The van der Waals surface area contributed by atoms with Crippen molar-refractivity contribution in [2.24, 2.45) is 0 Å². The van der Waals surface area contributed by atoms with Crippen molar-refractivity contribution < 1.29 is 39.8 Å². The smallest absolute Gasteiger partial charge is 0.335 e. The summed E-state index contributed by atoms with van der Waals surface area (Å²) in [6.45, 7) is -0.0643. The van der Waals surface area contributed by atoms with E-state index in [-0.39, 0.29) is 12.4 Å². The van der Waals surface area contributed by atoms with Crippen LogP contribution in [0.5, 0.6) is 5.75 Å². The topological polar surface area (TPSA) is 137 Å². The van der Waals surface area contributed by atoms with Crippen LogP contribution >= 0.6 is 0 Å². The lowest BCUT2D eigenvalue weighted by atomic mass is 9.99. The number of carbonyl (C=O) groups is 1. The maximum absolute atomic E-state index is 10.9. The molecule has 0 radical (unpaired) electrons. The van der Waals surface area contributed by atoms with E-state index in [9.17, 15) is 25.2 Å². The summed E-state index contributed by atoms with van der Waals surface area (Å²) in [5.41, 5.74) is 0.556. The van der Waals surface area contributed by atoms with Crippen molar-refractivity contribution in [3.63, 3.8) is 0 Å². The number of aromatic hydroxyl groups is 1. The second-order valence-corrected chi connectivity index (χ2v) is 5.03. The summed E-state index contributed by atoms with van der Waals surface area (Å²) >= 11 is 0. The van der Waals surface area contributed by atoms with Crippen molar-refractivity contribution in [3.8, 4) is 5.75 Å². The van der Waals surface area contributed by atoms with Gasteiger partial charge in [0, 0.05) is 5.56 Å². The quantitative estimate of drug-likeness (QED) is 0.480. The number of aliphatic hydroxyl groups is 3. The van der Waals surface area contributed by atoms with Gasteiger partial charge in [-0.3, -0.25) is 0 Å². The van der Waals surface area contributed by atoms with Gasteiger partial charge in [0.2, 0.25) is 0 Å². The minimum absolute atomic E-state index is 0.0643. The Morgan fingerprint density at radius 1 is 1.17 bits per heavy atom. The van der Waals surface area contributed by atoms with Gasteiger partial charge >= 0.3 is 5.97 Å². The maximum Gasteiger partial charge on any atom is 0.335 e. The van der Waals surface area contributed by atoms with Crippen LogP contribution in [0.3, 0.4) is 0 Å². The van der Waals surface area contributed by atoms with Gasteiger partial charge in [-0.25, -0.2) is 4.79 Å². The third kappa shape index (κ3) is 4.06. The van der Waals surface area contributed by atoms with Crippen molar-refractivity contribution in [1.29, 1.82) is 0 Å². The van der Waals surface area contributed by atoms with E-state index >= 15 is 0 Å². The molecule has 8 nitrogen and oxygen atoms in total. The summed E-state index contributed by atoms with van der Waals surface area (Å²) in [4.78, 5) is 10.9. The summed E-state index contributed by atoms with van der Waals surface area (Å²) in [5.74, 6) is -1.39. The lowest BCUT2D eigenvalue weighted by Gasteiger charge is -2.38. The van der Waals surface area contributed by atoms with Crippen LogP contribution in [0.2, 0.25) is 0 Å². The van der Waals surface area contributed by atoms with Gasteiger partial charge in [-0.05, 0) is 6.07 Å². The monoisotopic (exact) mass is 326 g/mol. The summed E-state index contributed by atoms with van der Waals surface area (Å²) in [6.07, 6.45) is -5.03. The van der Waals surface area contributed by atoms with E-state index in [4.69, 9.17) is 14.6 Å². The first-order valence-corrected chi connectivity index (χ1v) is 6.90. The number of aliphatic carboxylic acids is 1. The number of hydrogen-bond donors (Lipinski definition) is 5. The number of carboxylic acid groups (broad SMARTS) is 1. The van der Waals surface area contributed by atoms with E-state index in [1.54, 1.807) is 24.3 Å². The molecule has 0 amide bonds. The molecule has 1 aliphatic rings. The fraction of sp³-hybridized carbons (Fsp3) is 0.400. The molecular formula is C15H18O8. The first kappa shape index (κ1) is 17.4. The van der Waals surface area contributed by atoms with E-state index in [2.05, 4.69) is 0 Å². The van der Waals surface area contributed by atoms with Gasteiger partial charge in [0.05, 0.1) is 6.61 Å². The third-order valence-electron chi connectivity index (χ3n) is 3.40. The van der Waals surface area contributed by atoms with E-state index < -0.39 is 36.7 Å². The molecule has 1 aromatic carbocycles. The SMILES string of the molecule is O=C(O)[C@H]1OC(OCC=Cc2ccccc2O)[C@H](O)[C@@H](O)[C@@H]1O. The van der Waals surface area contributed by atoms with E-state index in [1.807, 2.05) is 0 Å². The molecule has 5 atom stereocenters. The zero-order valence-electron chi connectivity index (χ0n) is 12.0. The molecule has 126 valence electrons. The minimum Gasteiger partial charge on any atom is -0.507 e. The molecule has 0 aliphatic carbocycles. The third-order valence-corrected chi connectivity index (χ3v) is 3.40. The van der Waals surface area contributed by atoms with Crippen molar-refractivity contribution >= 4 is 12.0 Å². The van der Waals surface area contributed by atoms with Crippen LogP contribution < -0.4 is 0 Å². The number of ether oxygens (including phenoxy) is 2. The molecule has 1 aliphatic heterocycles. The highest BCUT2D eigenvalue weighted by Gasteiger charge is 2.47. The Bertz CT molecular complexity index is 572. The molecule has 1 fully saturated rings. The van der Waals surface area contributed by atoms with Crippen molar-refractivity contribution in [3.05, 3.63) is 35.9 Å². The second kappa shape index (κ2) is 7.53.